The summed E-state index contributed by atoms with van der Waals surface area (Å²) in [6.07, 6.45) is 1.16. The Labute approximate surface area is 126 Å². The van der Waals surface area contributed by atoms with Gasteiger partial charge >= 0.3 is 5.97 Å². The molecule has 7 heteroatoms. The third-order valence-electron chi connectivity index (χ3n) is 3.76. The van der Waals surface area contributed by atoms with Gasteiger partial charge in [0.1, 0.15) is 11.2 Å². The van der Waals surface area contributed by atoms with Gasteiger partial charge in [0.2, 0.25) is 0 Å². The van der Waals surface area contributed by atoms with E-state index in [-0.39, 0.29) is 18.5 Å². The summed E-state index contributed by atoms with van der Waals surface area (Å²) in [5.41, 5.74) is -1.34. The number of nitrogens with zero attached hydrogens (tertiary/aromatic N) is 1. The molecule has 1 aliphatic carbocycles. The number of benzene rings is 1. The van der Waals surface area contributed by atoms with E-state index in [4.69, 9.17) is 9.47 Å². The van der Waals surface area contributed by atoms with E-state index in [1.54, 1.807) is 6.07 Å². The fraction of sp³-hybridized carbons (Fsp3) is 0.333. The number of hydrogen-bond acceptors (Lipinski definition) is 6. The Morgan fingerprint density at radius 2 is 2.05 bits per heavy atom. The molecule has 7 nitrogen and oxygen atoms in total. The topological polar surface area (TPSA) is 95.7 Å². The van der Waals surface area contributed by atoms with Gasteiger partial charge in [-0.05, 0) is 0 Å². The van der Waals surface area contributed by atoms with Gasteiger partial charge in [0.05, 0.1) is 19.1 Å². The second-order valence-corrected chi connectivity index (χ2v) is 4.99. The first-order valence-corrected chi connectivity index (χ1v) is 6.54. The highest BCUT2D eigenvalue weighted by Gasteiger charge is 2.51. The summed E-state index contributed by atoms with van der Waals surface area (Å²) in [6.45, 7) is 0. The van der Waals surface area contributed by atoms with Crippen molar-refractivity contribution in [3.05, 3.63) is 51.8 Å². The van der Waals surface area contributed by atoms with E-state index in [1.165, 1.54) is 38.5 Å². The van der Waals surface area contributed by atoms with Crippen LogP contribution in [0.1, 0.15) is 12.0 Å². The molecule has 116 valence electrons. The van der Waals surface area contributed by atoms with Gasteiger partial charge in [0.25, 0.3) is 5.69 Å². The summed E-state index contributed by atoms with van der Waals surface area (Å²) in [6, 6.07) is 6.02. The summed E-state index contributed by atoms with van der Waals surface area (Å²) >= 11 is 0. The average molecular weight is 305 g/mol. The first kappa shape index (κ1) is 15.7. The third-order valence-corrected chi connectivity index (χ3v) is 3.76. The molecule has 1 aromatic rings. The van der Waals surface area contributed by atoms with E-state index in [1.807, 2.05) is 0 Å². The van der Waals surface area contributed by atoms with Crippen molar-refractivity contribution >= 4 is 17.4 Å². The van der Waals surface area contributed by atoms with E-state index in [0.29, 0.717) is 11.3 Å². The Kier molecular flexibility index (Phi) is 4.25. The van der Waals surface area contributed by atoms with Crippen molar-refractivity contribution in [3.63, 3.8) is 0 Å². The van der Waals surface area contributed by atoms with E-state index in [0.717, 1.165) is 0 Å². The van der Waals surface area contributed by atoms with Gasteiger partial charge in [-0.3, -0.25) is 19.7 Å². The zero-order chi connectivity index (χ0) is 16.3. The van der Waals surface area contributed by atoms with Crippen LogP contribution in [0.4, 0.5) is 5.69 Å². The largest absolute Gasteiger partial charge is 0.501 e. The number of para-hydroxylation sites is 1. The van der Waals surface area contributed by atoms with Crippen LogP contribution in [-0.2, 0) is 25.5 Å². The van der Waals surface area contributed by atoms with Crippen LogP contribution in [0.3, 0.4) is 0 Å². The minimum atomic E-state index is -1.51. The van der Waals surface area contributed by atoms with Gasteiger partial charge in [-0.2, -0.15) is 0 Å². The number of hydrogen-bond donors (Lipinski definition) is 0. The van der Waals surface area contributed by atoms with E-state index in [9.17, 15) is 19.7 Å². The fourth-order valence-corrected chi connectivity index (χ4v) is 2.60. The average Bonchev–Trinajstić information content (AvgIpc) is 2.84. The molecule has 0 aliphatic heterocycles. The number of carbonyl (C=O) groups is 2. The van der Waals surface area contributed by atoms with Crippen LogP contribution in [-0.4, -0.2) is 30.9 Å². The van der Waals surface area contributed by atoms with Gasteiger partial charge < -0.3 is 9.47 Å². The van der Waals surface area contributed by atoms with Gasteiger partial charge in [-0.25, -0.2) is 0 Å². The van der Waals surface area contributed by atoms with Crippen LogP contribution in [0.2, 0.25) is 0 Å². The molecular formula is C15H15NO6. The number of nitro benzene ring substituents is 1. The minimum Gasteiger partial charge on any atom is -0.501 e. The predicted octanol–water partition coefficient (Wildman–Crippen LogP) is 1.80. The highest BCUT2D eigenvalue weighted by molar-refractivity contribution is 6.12. The summed E-state index contributed by atoms with van der Waals surface area (Å²) < 4.78 is 9.80. The number of rotatable bonds is 5. The standard InChI is InChI=1S/C15H15NO6/c1-21-11-7-13(17)15(9-11,14(18)22-2)8-10-5-3-4-6-12(10)16(19)20/h3-7H,8-9H2,1-2H3. The molecule has 0 amide bonds. The van der Waals surface area contributed by atoms with Crippen LogP contribution >= 0.6 is 0 Å². The van der Waals surface area contributed by atoms with Crippen molar-refractivity contribution in [2.24, 2.45) is 5.41 Å². The molecule has 2 rings (SSSR count). The van der Waals surface area contributed by atoms with Crippen LogP contribution in [0.25, 0.3) is 0 Å². The lowest BCUT2D eigenvalue weighted by atomic mass is 9.78. The van der Waals surface area contributed by atoms with Crippen LogP contribution in [0.5, 0.6) is 0 Å². The molecule has 0 fully saturated rings. The lowest BCUT2D eigenvalue weighted by molar-refractivity contribution is -0.385. The minimum absolute atomic E-state index is 0.0288. The van der Waals surface area contributed by atoms with Crippen LogP contribution in [0.15, 0.2) is 36.1 Å². The molecule has 0 bridgehead atoms. The van der Waals surface area contributed by atoms with Crippen molar-refractivity contribution < 1.29 is 24.0 Å². The third kappa shape index (κ3) is 2.57. The second-order valence-electron chi connectivity index (χ2n) is 4.99. The van der Waals surface area contributed by atoms with Gasteiger partial charge in [0, 0.05) is 30.5 Å². The van der Waals surface area contributed by atoms with Gasteiger partial charge in [-0.1, -0.05) is 18.2 Å². The van der Waals surface area contributed by atoms with Crippen molar-refractivity contribution in [2.45, 2.75) is 12.8 Å². The Balaban J connectivity index is 2.45. The number of carbonyl (C=O) groups excluding carboxylic acids is 2. The number of esters is 1. The Morgan fingerprint density at radius 1 is 1.36 bits per heavy atom. The van der Waals surface area contributed by atoms with Crippen LogP contribution < -0.4 is 0 Å². The Bertz CT molecular complexity index is 666. The number of allylic oxidation sites excluding steroid dienone is 2. The SMILES string of the molecule is COC(=O)C1(Cc2ccccc2[N+](=O)[O-])CC(OC)=CC1=O. The summed E-state index contributed by atoms with van der Waals surface area (Å²) in [5, 5.41) is 11.1. The molecular weight excluding hydrogens is 290 g/mol. The highest BCUT2D eigenvalue weighted by atomic mass is 16.6. The Hall–Kier alpha value is -2.70. The van der Waals surface area contributed by atoms with E-state index in [2.05, 4.69) is 0 Å². The number of nitro groups is 1. The van der Waals surface area contributed by atoms with E-state index < -0.39 is 22.1 Å². The molecule has 1 aromatic carbocycles. The maximum absolute atomic E-state index is 12.3. The number of ether oxygens (including phenoxy) is 2. The molecule has 1 aliphatic rings. The Morgan fingerprint density at radius 3 is 2.59 bits per heavy atom. The molecule has 22 heavy (non-hydrogen) atoms. The van der Waals surface area contributed by atoms with Gasteiger partial charge in [-0.15, -0.1) is 0 Å². The molecule has 0 saturated carbocycles. The maximum Gasteiger partial charge on any atom is 0.320 e. The molecule has 0 aromatic heterocycles. The molecule has 0 saturated heterocycles. The highest BCUT2D eigenvalue weighted by Crippen LogP contribution is 2.40. The quantitative estimate of drug-likeness (QED) is 0.356. The van der Waals surface area contributed by atoms with Crippen molar-refractivity contribution in [1.82, 2.24) is 0 Å². The molecule has 0 N–H and O–H groups in total. The fourth-order valence-electron chi connectivity index (χ4n) is 2.60. The van der Waals surface area contributed by atoms with Crippen molar-refractivity contribution in [3.8, 4) is 0 Å². The summed E-state index contributed by atoms with van der Waals surface area (Å²) in [4.78, 5) is 35.1. The van der Waals surface area contributed by atoms with Crippen molar-refractivity contribution in [2.75, 3.05) is 14.2 Å². The lowest BCUT2D eigenvalue weighted by Crippen LogP contribution is -2.39. The number of ketones is 1. The molecule has 0 spiro atoms. The second kappa shape index (κ2) is 5.97. The monoisotopic (exact) mass is 305 g/mol. The molecule has 0 radical (unpaired) electrons. The molecule has 0 heterocycles. The number of methoxy groups -OCH3 is 2. The van der Waals surface area contributed by atoms with Crippen LogP contribution in [0, 0.1) is 15.5 Å². The first-order valence-electron chi connectivity index (χ1n) is 6.54. The maximum atomic E-state index is 12.3. The zero-order valence-electron chi connectivity index (χ0n) is 12.2. The van der Waals surface area contributed by atoms with Crippen molar-refractivity contribution in [1.29, 1.82) is 0 Å². The predicted molar refractivity (Wildman–Crippen MR) is 76.0 cm³/mol. The molecule has 1 unspecified atom stereocenters. The summed E-state index contributed by atoms with van der Waals surface area (Å²) in [5.74, 6) is -0.831. The van der Waals surface area contributed by atoms with Gasteiger partial charge in [0.15, 0.2) is 5.78 Å². The first-order chi connectivity index (χ1) is 10.4. The lowest BCUT2D eigenvalue weighted by Gasteiger charge is -2.24. The smallest absolute Gasteiger partial charge is 0.320 e. The summed E-state index contributed by atoms with van der Waals surface area (Å²) in [7, 11) is 2.58. The zero-order valence-corrected chi connectivity index (χ0v) is 12.2. The molecule has 1 atom stereocenters. The normalized spacial score (nSPS) is 20.5. The van der Waals surface area contributed by atoms with E-state index >= 15 is 0 Å².